The Hall–Kier alpha value is -2.57. The fourth-order valence-electron chi connectivity index (χ4n) is 5.66. The first-order chi connectivity index (χ1) is 16.8. The molecule has 2 heterocycles. The largest absolute Gasteiger partial charge is 0.497 e. The molecule has 2 aromatic rings. The van der Waals surface area contributed by atoms with Crippen LogP contribution in [0, 0.1) is 0 Å². The highest BCUT2D eigenvalue weighted by Crippen LogP contribution is 2.43. The van der Waals surface area contributed by atoms with Crippen LogP contribution < -0.4 is 14.8 Å². The Kier molecular flexibility index (Phi) is 8.02. The number of fused-ring (bicyclic) bond motifs is 1. The fraction of sp³-hybridized carbons (Fsp3) is 0.552. The minimum atomic E-state index is -0.163. The van der Waals surface area contributed by atoms with Gasteiger partial charge in [-0.25, -0.2) is 0 Å². The lowest BCUT2D eigenvalue weighted by molar-refractivity contribution is -0.121. The van der Waals surface area contributed by atoms with Crippen LogP contribution in [0.4, 0.5) is 0 Å². The zero-order chi connectivity index (χ0) is 24.9. The second kappa shape index (κ2) is 11.0. The summed E-state index contributed by atoms with van der Waals surface area (Å²) >= 11 is 0. The lowest BCUT2D eigenvalue weighted by Crippen LogP contribution is -2.45. The number of nitrogens with one attached hydrogen (secondary N) is 1. The van der Waals surface area contributed by atoms with E-state index in [0.717, 1.165) is 56.0 Å². The molecule has 1 N–H and O–H groups in total. The molecule has 0 aromatic heterocycles. The van der Waals surface area contributed by atoms with Crippen molar-refractivity contribution in [3.63, 3.8) is 0 Å². The summed E-state index contributed by atoms with van der Waals surface area (Å²) < 4.78 is 17.5. The fourth-order valence-corrected chi connectivity index (χ4v) is 5.66. The molecule has 2 aliphatic heterocycles. The van der Waals surface area contributed by atoms with Gasteiger partial charge >= 0.3 is 0 Å². The summed E-state index contributed by atoms with van der Waals surface area (Å²) in [4.78, 5) is 15.1. The van der Waals surface area contributed by atoms with Crippen LogP contribution in [0.3, 0.4) is 0 Å². The predicted octanol–water partition coefficient (Wildman–Crippen LogP) is 4.70. The Bertz CT molecular complexity index is 993. The van der Waals surface area contributed by atoms with Crippen molar-refractivity contribution in [3.05, 3.63) is 59.7 Å². The lowest BCUT2D eigenvalue weighted by atomic mass is 9.67. The molecule has 0 saturated carbocycles. The molecule has 6 heteroatoms. The Morgan fingerprint density at radius 2 is 2.00 bits per heavy atom. The maximum Gasteiger partial charge on any atom is 0.221 e. The molecular weight excluding hydrogens is 440 g/mol. The highest BCUT2D eigenvalue weighted by atomic mass is 16.5. The van der Waals surface area contributed by atoms with Crippen molar-refractivity contribution >= 4 is 5.91 Å². The smallest absolute Gasteiger partial charge is 0.221 e. The molecule has 2 atom stereocenters. The summed E-state index contributed by atoms with van der Waals surface area (Å²) in [5.74, 6) is 1.77. The van der Waals surface area contributed by atoms with Crippen molar-refractivity contribution in [1.29, 1.82) is 0 Å². The molecule has 1 fully saturated rings. The number of hydrogen-bond acceptors (Lipinski definition) is 5. The van der Waals surface area contributed by atoms with Gasteiger partial charge in [0.05, 0.1) is 12.7 Å². The first-order valence-corrected chi connectivity index (χ1v) is 12.8. The van der Waals surface area contributed by atoms with Crippen molar-refractivity contribution in [2.24, 2.45) is 0 Å². The van der Waals surface area contributed by atoms with Gasteiger partial charge in [0.2, 0.25) is 5.91 Å². The molecule has 0 bridgehead atoms. The molecule has 0 aliphatic carbocycles. The van der Waals surface area contributed by atoms with Crippen LogP contribution in [0.2, 0.25) is 0 Å². The van der Waals surface area contributed by atoms with Gasteiger partial charge in [-0.2, -0.15) is 0 Å². The molecule has 190 valence electrons. The van der Waals surface area contributed by atoms with E-state index >= 15 is 0 Å². The molecule has 0 radical (unpaired) electrons. The van der Waals surface area contributed by atoms with Gasteiger partial charge < -0.3 is 19.5 Å². The summed E-state index contributed by atoms with van der Waals surface area (Å²) in [5.41, 5.74) is 2.34. The van der Waals surface area contributed by atoms with Crippen molar-refractivity contribution in [2.45, 2.75) is 70.1 Å². The molecule has 1 amide bonds. The third kappa shape index (κ3) is 6.56. The molecule has 0 unspecified atom stereocenters. The van der Waals surface area contributed by atoms with Crippen LogP contribution in [-0.4, -0.2) is 55.9 Å². The number of ether oxygens (including phenoxy) is 3. The van der Waals surface area contributed by atoms with Crippen molar-refractivity contribution in [1.82, 2.24) is 10.2 Å². The lowest BCUT2D eigenvalue weighted by Gasteiger charge is -2.45. The van der Waals surface area contributed by atoms with E-state index in [1.807, 2.05) is 12.1 Å². The van der Waals surface area contributed by atoms with Gasteiger partial charge in [-0.05, 0) is 51.7 Å². The highest BCUT2D eigenvalue weighted by Gasteiger charge is 2.41. The van der Waals surface area contributed by atoms with Crippen LogP contribution in [-0.2, 0) is 21.5 Å². The van der Waals surface area contributed by atoms with Gasteiger partial charge in [-0.3, -0.25) is 9.69 Å². The van der Waals surface area contributed by atoms with Crippen LogP contribution in [0.1, 0.15) is 57.6 Å². The monoisotopic (exact) mass is 480 g/mol. The van der Waals surface area contributed by atoms with Gasteiger partial charge in [0, 0.05) is 56.3 Å². The number of amides is 1. The zero-order valence-corrected chi connectivity index (χ0v) is 21.6. The average molecular weight is 481 g/mol. The van der Waals surface area contributed by atoms with Gasteiger partial charge in [-0.1, -0.05) is 36.4 Å². The Morgan fingerprint density at radius 3 is 2.74 bits per heavy atom. The van der Waals surface area contributed by atoms with E-state index in [1.165, 1.54) is 5.56 Å². The number of methoxy groups -OCH3 is 1. The van der Waals surface area contributed by atoms with E-state index < -0.39 is 0 Å². The minimum Gasteiger partial charge on any atom is -0.497 e. The Balaban J connectivity index is 1.31. The number of carbonyl (C=O) groups is 1. The SMILES string of the molecule is COc1ccc2c(c1)O[C@@H](C)CN(CCC(=O)NCC[C@@]1(c3ccccc3)CCOC(C)(C)C1)C2. The van der Waals surface area contributed by atoms with Crippen LogP contribution in [0.25, 0.3) is 0 Å². The van der Waals surface area contributed by atoms with Gasteiger partial charge in [0.1, 0.15) is 17.6 Å². The quantitative estimate of drug-likeness (QED) is 0.593. The molecule has 0 spiro atoms. The summed E-state index contributed by atoms with van der Waals surface area (Å²) in [7, 11) is 1.66. The minimum absolute atomic E-state index is 0.0264. The number of nitrogens with zero attached hydrogens (tertiary/aromatic N) is 1. The maximum absolute atomic E-state index is 12.8. The standard InChI is InChI=1S/C29H40N2O4/c1-22-19-31(20-23-10-11-25(33-4)18-26(23)35-22)16-12-27(32)30-15-13-29(24-8-6-5-7-9-24)14-17-34-28(2,3)21-29/h5-11,18,22H,12-17,19-21H2,1-4H3,(H,30,32)/t22-,29+/m0/s1. The predicted molar refractivity (Wildman–Crippen MR) is 138 cm³/mol. The summed E-state index contributed by atoms with van der Waals surface area (Å²) in [6.45, 7) is 10.1. The van der Waals surface area contributed by atoms with Gasteiger partial charge in [0.15, 0.2) is 0 Å². The van der Waals surface area contributed by atoms with E-state index in [0.29, 0.717) is 19.5 Å². The van der Waals surface area contributed by atoms with E-state index in [9.17, 15) is 4.79 Å². The number of hydrogen-bond donors (Lipinski definition) is 1. The topological polar surface area (TPSA) is 60.0 Å². The van der Waals surface area contributed by atoms with Gasteiger partial charge in [0.25, 0.3) is 0 Å². The average Bonchev–Trinajstić information content (AvgIpc) is 2.99. The second-order valence-electron chi connectivity index (χ2n) is 10.7. The number of rotatable bonds is 8. The number of benzene rings is 2. The van der Waals surface area contributed by atoms with E-state index in [1.54, 1.807) is 7.11 Å². The second-order valence-corrected chi connectivity index (χ2v) is 10.7. The molecule has 2 aromatic carbocycles. The van der Waals surface area contributed by atoms with E-state index in [-0.39, 0.29) is 23.0 Å². The van der Waals surface area contributed by atoms with Crippen molar-refractivity contribution in [3.8, 4) is 11.5 Å². The number of carbonyl (C=O) groups excluding carboxylic acids is 1. The first kappa shape index (κ1) is 25.5. The third-order valence-electron chi connectivity index (χ3n) is 7.32. The summed E-state index contributed by atoms with van der Waals surface area (Å²) in [5, 5.41) is 3.20. The van der Waals surface area contributed by atoms with Crippen molar-refractivity contribution in [2.75, 3.05) is 33.4 Å². The van der Waals surface area contributed by atoms with E-state index in [4.69, 9.17) is 14.2 Å². The Morgan fingerprint density at radius 1 is 1.20 bits per heavy atom. The molecular formula is C29H40N2O4. The maximum atomic E-state index is 12.8. The molecule has 6 nitrogen and oxygen atoms in total. The Labute approximate surface area is 209 Å². The summed E-state index contributed by atoms with van der Waals surface area (Å²) in [6, 6.07) is 16.7. The normalized spacial score (nSPS) is 24.1. The van der Waals surface area contributed by atoms with Gasteiger partial charge in [-0.15, -0.1) is 0 Å². The molecule has 1 saturated heterocycles. The van der Waals surface area contributed by atoms with Crippen LogP contribution >= 0.6 is 0 Å². The molecule has 4 rings (SSSR count). The third-order valence-corrected chi connectivity index (χ3v) is 7.32. The van der Waals surface area contributed by atoms with Crippen LogP contribution in [0.5, 0.6) is 11.5 Å². The van der Waals surface area contributed by atoms with Crippen molar-refractivity contribution < 1.29 is 19.0 Å². The molecule has 2 aliphatic rings. The highest BCUT2D eigenvalue weighted by molar-refractivity contribution is 5.76. The summed E-state index contributed by atoms with van der Waals surface area (Å²) in [6.07, 6.45) is 3.38. The zero-order valence-electron chi connectivity index (χ0n) is 21.6. The van der Waals surface area contributed by atoms with E-state index in [2.05, 4.69) is 67.4 Å². The molecule has 35 heavy (non-hydrogen) atoms. The first-order valence-electron chi connectivity index (χ1n) is 12.8. The van der Waals surface area contributed by atoms with Crippen LogP contribution in [0.15, 0.2) is 48.5 Å².